The summed E-state index contributed by atoms with van der Waals surface area (Å²) in [5.74, 6) is 0.501. The van der Waals surface area contributed by atoms with E-state index in [1.807, 2.05) is 6.07 Å². The number of nitrogens with zero attached hydrogens (tertiary/aromatic N) is 2. The SMILES string of the molecule is CCCN(CCC)CCCN=C(N)Nc1ccc(C)c(C)c1. The summed E-state index contributed by atoms with van der Waals surface area (Å²) in [7, 11) is 0. The van der Waals surface area contributed by atoms with Gasteiger partial charge < -0.3 is 16.0 Å². The molecule has 3 N–H and O–H groups in total. The molecule has 0 radical (unpaired) electrons. The molecular formula is C18H32N4. The van der Waals surface area contributed by atoms with E-state index in [9.17, 15) is 0 Å². The van der Waals surface area contributed by atoms with E-state index in [-0.39, 0.29) is 0 Å². The number of rotatable bonds is 9. The lowest BCUT2D eigenvalue weighted by atomic mass is 10.1. The fourth-order valence-electron chi connectivity index (χ4n) is 2.47. The Morgan fingerprint density at radius 1 is 1.09 bits per heavy atom. The van der Waals surface area contributed by atoms with Crippen molar-refractivity contribution < 1.29 is 0 Å². The number of hydrogen-bond acceptors (Lipinski definition) is 2. The lowest BCUT2D eigenvalue weighted by molar-refractivity contribution is 0.273. The van der Waals surface area contributed by atoms with Gasteiger partial charge in [0.05, 0.1) is 0 Å². The zero-order chi connectivity index (χ0) is 16.4. The average molecular weight is 304 g/mol. The molecule has 1 rings (SSSR count). The van der Waals surface area contributed by atoms with Crippen LogP contribution in [0.2, 0.25) is 0 Å². The van der Waals surface area contributed by atoms with E-state index in [4.69, 9.17) is 5.73 Å². The number of benzene rings is 1. The maximum absolute atomic E-state index is 5.95. The van der Waals surface area contributed by atoms with Crippen LogP contribution >= 0.6 is 0 Å². The van der Waals surface area contributed by atoms with Gasteiger partial charge in [0, 0.05) is 12.2 Å². The summed E-state index contributed by atoms with van der Waals surface area (Å²) in [5.41, 5.74) is 9.50. The van der Waals surface area contributed by atoms with Gasteiger partial charge in [0.15, 0.2) is 5.96 Å². The van der Waals surface area contributed by atoms with Gasteiger partial charge in [0.2, 0.25) is 0 Å². The van der Waals surface area contributed by atoms with Crippen molar-refractivity contribution in [1.82, 2.24) is 4.90 Å². The third kappa shape index (κ3) is 6.94. The zero-order valence-electron chi connectivity index (χ0n) is 14.7. The molecule has 4 nitrogen and oxygen atoms in total. The average Bonchev–Trinajstić information content (AvgIpc) is 2.48. The van der Waals surface area contributed by atoms with Crippen LogP contribution in [-0.2, 0) is 0 Å². The number of guanidine groups is 1. The van der Waals surface area contributed by atoms with E-state index in [0.29, 0.717) is 5.96 Å². The molecular weight excluding hydrogens is 272 g/mol. The molecule has 0 saturated carbocycles. The number of nitrogens with one attached hydrogen (secondary N) is 1. The Morgan fingerprint density at radius 3 is 2.36 bits per heavy atom. The van der Waals surface area contributed by atoms with Crippen LogP contribution in [0, 0.1) is 13.8 Å². The molecule has 0 fully saturated rings. The van der Waals surface area contributed by atoms with Crippen LogP contribution in [0.1, 0.15) is 44.2 Å². The van der Waals surface area contributed by atoms with E-state index in [1.54, 1.807) is 0 Å². The molecule has 0 unspecified atom stereocenters. The molecule has 0 atom stereocenters. The second-order valence-corrected chi connectivity index (χ2v) is 5.89. The van der Waals surface area contributed by atoms with Crippen molar-refractivity contribution in [2.24, 2.45) is 10.7 Å². The maximum atomic E-state index is 5.95. The molecule has 0 amide bonds. The van der Waals surface area contributed by atoms with Crippen molar-refractivity contribution in [3.8, 4) is 0 Å². The zero-order valence-corrected chi connectivity index (χ0v) is 14.7. The van der Waals surface area contributed by atoms with Crippen LogP contribution in [-0.4, -0.2) is 37.0 Å². The minimum absolute atomic E-state index is 0.501. The van der Waals surface area contributed by atoms with Gasteiger partial charge in [-0.3, -0.25) is 4.99 Å². The number of nitrogens with two attached hydrogens (primary N) is 1. The van der Waals surface area contributed by atoms with Gasteiger partial charge in [-0.2, -0.15) is 0 Å². The summed E-state index contributed by atoms with van der Waals surface area (Å²) in [6.45, 7) is 12.9. The lowest BCUT2D eigenvalue weighted by Gasteiger charge is -2.20. The molecule has 0 aliphatic heterocycles. The first-order valence-corrected chi connectivity index (χ1v) is 8.43. The predicted octanol–water partition coefficient (Wildman–Crippen LogP) is 3.54. The molecule has 1 aromatic rings. The molecule has 0 saturated heterocycles. The molecule has 0 spiro atoms. The summed E-state index contributed by atoms with van der Waals surface area (Å²) < 4.78 is 0. The van der Waals surface area contributed by atoms with E-state index in [2.05, 4.69) is 55.0 Å². The van der Waals surface area contributed by atoms with E-state index in [1.165, 1.54) is 37.1 Å². The topological polar surface area (TPSA) is 53.6 Å². The third-order valence-corrected chi connectivity index (χ3v) is 3.77. The highest BCUT2D eigenvalue weighted by molar-refractivity contribution is 5.92. The fourth-order valence-corrected chi connectivity index (χ4v) is 2.47. The second kappa shape index (κ2) is 10.2. The van der Waals surface area contributed by atoms with Crippen LogP contribution in [0.25, 0.3) is 0 Å². The van der Waals surface area contributed by atoms with Crippen LogP contribution in [0.3, 0.4) is 0 Å². The van der Waals surface area contributed by atoms with E-state index < -0.39 is 0 Å². The van der Waals surface area contributed by atoms with Crippen LogP contribution in [0.5, 0.6) is 0 Å². The number of aryl methyl sites for hydroxylation is 2. The number of aliphatic imine (C=N–C) groups is 1. The van der Waals surface area contributed by atoms with Gasteiger partial charge >= 0.3 is 0 Å². The Kier molecular flexibility index (Phi) is 8.60. The third-order valence-electron chi connectivity index (χ3n) is 3.77. The van der Waals surface area contributed by atoms with Crippen molar-refractivity contribution in [2.75, 3.05) is 31.5 Å². The molecule has 124 valence electrons. The summed E-state index contributed by atoms with van der Waals surface area (Å²) in [5, 5.41) is 3.16. The Balaban J connectivity index is 2.37. The second-order valence-electron chi connectivity index (χ2n) is 5.89. The summed E-state index contributed by atoms with van der Waals surface area (Å²) in [6.07, 6.45) is 3.47. The monoisotopic (exact) mass is 304 g/mol. The fraction of sp³-hybridized carbons (Fsp3) is 0.611. The Hall–Kier alpha value is -1.55. The van der Waals surface area contributed by atoms with Gasteiger partial charge in [-0.05, 0) is 76.0 Å². The Morgan fingerprint density at radius 2 is 1.77 bits per heavy atom. The van der Waals surface area contributed by atoms with Crippen LogP contribution < -0.4 is 11.1 Å². The highest BCUT2D eigenvalue weighted by Gasteiger charge is 2.02. The van der Waals surface area contributed by atoms with E-state index in [0.717, 1.165) is 25.2 Å². The lowest BCUT2D eigenvalue weighted by Crippen LogP contribution is -2.27. The predicted molar refractivity (Wildman–Crippen MR) is 97.7 cm³/mol. The van der Waals surface area contributed by atoms with Crippen molar-refractivity contribution >= 4 is 11.6 Å². The normalized spacial score (nSPS) is 12.0. The smallest absolute Gasteiger partial charge is 0.193 e. The Labute approximate surface area is 135 Å². The minimum atomic E-state index is 0.501. The molecule has 0 aliphatic carbocycles. The first kappa shape index (κ1) is 18.5. The van der Waals surface area contributed by atoms with Crippen molar-refractivity contribution in [3.05, 3.63) is 29.3 Å². The summed E-state index contributed by atoms with van der Waals surface area (Å²) >= 11 is 0. The van der Waals surface area contributed by atoms with Crippen molar-refractivity contribution in [1.29, 1.82) is 0 Å². The molecule has 0 bridgehead atoms. The van der Waals surface area contributed by atoms with Gasteiger partial charge in [-0.15, -0.1) is 0 Å². The largest absolute Gasteiger partial charge is 0.370 e. The summed E-state index contributed by atoms with van der Waals surface area (Å²) in [6, 6.07) is 6.23. The van der Waals surface area contributed by atoms with Crippen molar-refractivity contribution in [2.45, 2.75) is 47.0 Å². The molecule has 22 heavy (non-hydrogen) atoms. The number of anilines is 1. The molecule has 0 aliphatic rings. The van der Waals surface area contributed by atoms with Gasteiger partial charge in [0.1, 0.15) is 0 Å². The van der Waals surface area contributed by atoms with Gasteiger partial charge in [-0.1, -0.05) is 19.9 Å². The number of hydrogen-bond donors (Lipinski definition) is 2. The highest BCUT2D eigenvalue weighted by atomic mass is 15.1. The molecule has 4 heteroatoms. The Bertz CT molecular complexity index is 462. The van der Waals surface area contributed by atoms with Gasteiger partial charge in [0.25, 0.3) is 0 Å². The van der Waals surface area contributed by atoms with Crippen molar-refractivity contribution in [3.63, 3.8) is 0 Å². The highest BCUT2D eigenvalue weighted by Crippen LogP contribution is 2.13. The summed E-state index contributed by atoms with van der Waals surface area (Å²) in [4.78, 5) is 6.92. The first-order valence-electron chi connectivity index (χ1n) is 8.43. The molecule has 0 aromatic heterocycles. The first-order chi connectivity index (χ1) is 10.6. The minimum Gasteiger partial charge on any atom is -0.370 e. The maximum Gasteiger partial charge on any atom is 0.193 e. The van der Waals surface area contributed by atoms with Crippen LogP contribution in [0.4, 0.5) is 5.69 Å². The van der Waals surface area contributed by atoms with Crippen LogP contribution in [0.15, 0.2) is 23.2 Å². The quantitative estimate of drug-likeness (QED) is 0.417. The van der Waals surface area contributed by atoms with Gasteiger partial charge in [-0.25, -0.2) is 0 Å². The molecule has 0 heterocycles. The molecule has 1 aromatic carbocycles. The van der Waals surface area contributed by atoms with E-state index >= 15 is 0 Å². The standard InChI is InChI=1S/C18H32N4/c1-5-11-22(12-6-2)13-7-10-20-18(19)21-17-9-8-15(3)16(4)14-17/h8-9,14H,5-7,10-13H2,1-4H3,(H3,19,20,21).